The maximum absolute atomic E-state index is 6.27. The van der Waals surface area contributed by atoms with Crippen LogP contribution < -0.4 is 10.6 Å². The van der Waals surface area contributed by atoms with E-state index >= 15 is 0 Å². The van der Waals surface area contributed by atoms with Gasteiger partial charge in [-0.05, 0) is 25.5 Å². The normalized spacial score (nSPS) is 12.1. The van der Waals surface area contributed by atoms with E-state index in [0.29, 0.717) is 6.04 Å². The zero-order valence-corrected chi connectivity index (χ0v) is 15.9. The fraction of sp³-hybridized carbons (Fsp3) is 0.533. The Balaban J connectivity index is 0.00000361. The predicted octanol–water partition coefficient (Wildman–Crippen LogP) is 3.81. The van der Waals surface area contributed by atoms with Crippen LogP contribution in [0.4, 0.5) is 0 Å². The number of hydrogen-bond donors (Lipinski definition) is 2. The molecule has 0 fully saturated rings. The standard InChI is InChI=1S/C15H24ClN3.HI/c1-11(2)19-14(17-5)18-10-15(3,4)12-8-6-7-9-13(12)16;/h6-9,11H,10H2,1-5H3,(H2,17,18,19);1H. The minimum atomic E-state index is -0.0626. The lowest BCUT2D eigenvalue weighted by molar-refractivity contribution is 0.506. The van der Waals surface area contributed by atoms with Crippen molar-refractivity contribution in [3.05, 3.63) is 34.9 Å². The first-order chi connectivity index (χ1) is 8.86. The molecule has 114 valence electrons. The molecule has 2 N–H and O–H groups in total. The highest BCUT2D eigenvalue weighted by atomic mass is 127. The molecule has 20 heavy (non-hydrogen) atoms. The van der Waals surface area contributed by atoms with Crippen molar-refractivity contribution in [3.8, 4) is 0 Å². The summed E-state index contributed by atoms with van der Waals surface area (Å²) in [5, 5.41) is 7.43. The van der Waals surface area contributed by atoms with Crippen molar-refractivity contribution < 1.29 is 0 Å². The van der Waals surface area contributed by atoms with Crippen molar-refractivity contribution >= 4 is 41.5 Å². The summed E-state index contributed by atoms with van der Waals surface area (Å²) >= 11 is 6.27. The summed E-state index contributed by atoms with van der Waals surface area (Å²) in [4.78, 5) is 4.21. The van der Waals surface area contributed by atoms with Crippen LogP contribution in [0.5, 0.6) is 0 Å². The average Bonchev–Trinajstić information content (AvgIpc) is 2.34. The van der Waals surface area contributed by atoms with Crippen LogP contribution in [0.1, 0.15) is 33.3 Å². The van der Waals surface area contributed by atoms with Gasteiger partial charge in [0.15, 0.2) is 5.96 Å². The molecule has 0 saturated heterocycles. The molecule has 0 atom stereocenters. The summed E-state index contributed by atoms with van der Waals surface area (Å²) in [5.74, 6) is 0.815. The Morgan fingerprint density at radius 3 is 2.40 bits per heavy atom. The molecule has 0 aliphatic heterocycles. The van der Waals surface area contributed by atoms with Gasteiger partial charge < -0.3 is 10.6 Å². The van der Waals surface area contributed by atoms with Gasteiger partial charge in [0, 0.05) is 30.1 Å². The van der Waals surface area contributed by atoms with Crippen molar-refractivity contribution in [2.45, 2.75) is 39.2 Å². The summed E-state index contributed by atoms with van der Waals surface area (Å²) in [5.41, 5.74) is 1.08. The van der Waals surface area contributed by atoms with Gasteiger partial charge in [-0.25, -0.2) is 0 Å². The van der Waals surface area contributed by atoms with E-state index in [1.165, 1.54) is 0 Å². The molecule has 0 bridgehead atoms. The summed E-state index contributed by atoms with van der Waals surface area (Å²) < 4.78 is 0. The summed E-state index contributed by atoms with van der Waals surface area (Å²) in [7, 11) is 1.78. The Bertz CT molecular complexity index is 444. The van der Waals surface area contributed by atoms with Crippen LogP contribution in [-0.2, 0) is 5.41 Å². The second kappa shape index (κ2) is 8.72. The zero-order chi connectivity index (χ0) is 14.5. The van der Waals surface area contributed by atoms with Gasteiger partial charge in [-0.1, -0.05) is 43.6 Å². The Morgan fingerprint density at radius 1 is 1.30 bits per heavy atom. The lowest BCUT2D eigenvalue weighted by Crippen LogP contribution is -2.45. The van der Waals surface area contributed by atoms with Gasteiger partial charge in [0.05, 0.1) is 0 Å². The Kier molecular flexibility index (Phi) is 8.51. The van der Waals surface area contributed by atoms with E-state index in [2.05, 4.69) is 49.4 Å². The van der Waals surface area contributed by atoms with E-state index in [1.807, 2.05) is 18.2 Å². The van der Waals surface area contributed by atoms with Gasteiger partial charge in [-0.2, -0.15) is 0 Å². The van der Waals surface area contributed by atoms with E-state index in [9.17, 15) is 0 Å². The number of nitrogens with one attached hydrogen (secondary N) is 2. The molecule has 0 amide bonds. The molecule has 0 aliphatic rings. The molecule has 0 aliphatic carbocycles. The Labute approximate surface area is 144 Å². The van der Waals surface area contributed by atoms with Crippen LogP contribution in [0.15, 0.2) is 29.3 Å². The topological polar surface area (TPSA) is 36.4 Å². The summed E-state index contributed by atoms with van der Waals surface area (Å²) in [6.45, 7) is 9.29. The Morgan fingerprint density at radius 2 is 1.90 bits per heavy atom. The van der Waals surface area contributed by atoms with E-state index in [0.717, 1.165) is 23.1 Å². The van der Waals surface area contributed by atoms with Gasteiger partial charge in [0.2, 0.25) is 0 Å². The molecule has 0 spiro atoms. The minimum absolute atomic E-state index is 0. The van der Waals surface area contributed by atoms with Gasteiger partial charge in [-0.15, -0.1) is 24.0 Å². The third-order valence-corrected chi connectivity index (χ3v) is 3.28. The smallest absolute Gasteiger partial charge is 0.191 e. The van der Waals surface area contributed by atoms with Crippen LogP contribution in [0.2, 0.25) is 5.02 Å². The van der Waals surface area contributed by atoms with E-state index < -0.39 is 0 Å². The van der Waals surface area contributed by atoms with Crippen LogP contribution in [-0.4, -0.2) is 25.6 Å². The maximum Gasteiger partial charge on any atom is 0.191 e. The Hall–Kier alpha value is -0.490. The van der Waals surface area contributed by atoms with Crippen LogP contribution in [0, 0.1) is 0 Å². The number of aliphatic imine (C=N–C) groups is 1. The number of nitrogens with zero attached hydrogens (tertiary/aromatic N) is 1. The minimum Gasteiger partial charge on any atom is -0.356 e. The fourth-order valence-corrected chi connectivity index (χ4v) is 2.27. The number of hydrogen-bond acceptors (Lipinski definition) is 1. The third kappa shape index (κ3) is 5.87. The highest BCUT2D eigenvalue weighted by molar-refractivity contribution is 14.0. The van der Waals surface area contributed by atoms with Gasteiger partial charge in [-0.3, -0.25) is 4.99 Å². The monoisotopic (exact) mass is 409 g/mol. The van der Waals surface area contributed by atoms with Crippen LogP contribution in [0.3, 0.4) is 0 Å². The average molecular weight is 410 g/mol. The molecular formula is C15H25ClIN3. The van der Waals surface area contributed by atoms with E-state index in [4.69, 9.17) is 11.6 Å². The lowest BCUT2D eigenvalue weighted by Gasteiger charge is -2.28. The first kappa shape index (κ1) is 19.5. The molecule has 0 saturated carbocycles. The lowest BCUT2D eigenvalue weighted by atomic mass is 9.84. The SMILES string of the molecule is CN=C(NCC(C)(C)c1ccccc1Cl)NC(C)C.I. The summed E-state index contributed by atoms with van der Waals surface area (Å²) in [6.07, 6.45) is 0. The largest absolute Gasteiger partial charge is 0.356 e. The summed E-state index contributed by atoms with van der Waals surface area (Å²) in [6, 6.07) is 8.33. The quantitative estimate of drug-likeness (QED) is 0.451. The predicted molar refractivity (Wildman–Crippen MR) is 99.5 cm³/mol. The number of halogens is 2. The van der Waals surface area contributed by atoms with Gasteiger partial charge in [0.25, 0.3) is 0 Å². The number of guanidine groups is 1. The van der Waals surface area contributed by atoms with Crippen LogP contribution >= 0.6 is 35.6 Å². The third-order valence-electron chi connectivity index (χ3n) is 2.95. The van der Waals surface area contributed by atoms with E-state index in [1.54, 1.807) is 7.05 Å². The molecule has 5 heteroatoms. The number of benzene rings is 1. The van der Waals surface area contributed by atoms with E-state index in [-0.39, 0.29) is 29.4 Å². The molecule has 1 rings (SSSR count). The van der Waals surface area contributed by atoms with Crippen molar-refractivity contribution in [1.29, 1.82) is 0 Å². The van der Waals surface area contributed by atoms with Crippen molar-refractivity contribution in [1.82, 2.24) is 10.6 Å². The molecule has 1 aromatic carbocycles. The van der Waals surface area contributed by atoms with Crippen molar-refractivity contribution in [3.63, 3.8) is 0 Å². The first-order valence-electron chi connectivity index (χ1n) is 6.59. The molecule has 0 unspecified atom stereocenters. The fourth-order valence-electron chi connectivity index (χ4n) is 1.88. The van der Waals surface area contributed by atoms with Crippen LogP contribution in [0.25, 0.3) is 0 Å². The maximum atomic E-state index is 6.27. The molecule has 0 heterocycles. The second-order valence-electron chi connectivity index (χ2n) is 5.59. The molecular weight excluding hydrogens is 385 g/mol. The molecule has 3 nitrogen and oxygen atoms in total. The molecule has 1 aromatic rings. The van der Waals surface area contributed by atoms with Crippen molar-refractivity contribution in [2.24, 2.45) is 4.99 Å². The molecule has 0 radical (unpaired) electrons. The number of rotatable bonds is 4. The highest BCUT2D eigenvalue weighted by Gasteiger charge is 2.23. The second-order valence-corrected chi connectivity index (χ2v) is 6.00. The van der Waals surface area contributed by atoms with Gasteiger partial charge in [0.1, 0.15) is 0 Å². The van der Waals surface area contributed by atoms with Crippen molar-refractivity contribution in [2.75, 3.05) is 13.6 Å². The van der Waals surface area contributed by atoms with Gasteiger partial charge >= 0.3 is 0 Å². The zero-order valence-electron chi connectivity index (χ0n) is 12.8. The molecule has 0 aromatic heterocycles. The first-order valence-corrected chi connectivity index (χ1v) is 6.97. The highest BCUT2D eigenvalue weighted by Crippen LogP contribution is 2.28.